The van der Waals surface area contributed by atoms with Gasteiger partial charge in [0.1, 0.15) is 5.82 Å². The Labute approximate surface area is 129 Å². The largest absolute Gasteiger partial charge is 0.384 e. The molecule has 0 amide bonds. The predicted octanol–water partition coefficient (Wildman–Crippen LogP) is 3.35. The maximum atomic E-state index is 12.6. The maximum absolute atomic E-state index is 12.6. The molecule has 2 aromatic rings. The minimum atomic E-state index is -0.258. The van der Waals surface area contributed by atoms with Gasteiger partial charge in [0.2, 0.25) is 0 Å². The number of thioether (sulfide) groups is 1. The van der Waals surface area contributed by atoms with Crippen LogP contribution in [-0.4, -0.2) is 21.0 Å². The number of aryl methyl sites for hydroxylation is 3. The van der Waals surface area contributed by atoms with E-state index in [1.807, 2.05) is 45.9 Å². The number of nitrogens with zero attached hydrogens (tertiary/aromatic N) is 2. The lowest BCUT2D eigenvalue weighted by atomic mass is 10.0. The number of Topliss-reactive ketones (excluding diaryl/α,β-unsaturated/α-hetero) is 1. The summed E-state index contributed by atoms with van der Waals surface area (Å²) in [6.07, 6.45) is 0. The monoisotopic (exact) mass is 301 g/mol. The number of hydrogen-bond acceptors (Lipinski definition) is 5. The molecule has 0 aliphatic carbocycles. The van der Waals surface area contributed by atoms with Crippen molar-refractivity contribution in [2.75, 3.05) is 5.73 Å². The molecule has 2 N–H and O–H groups in total. The van der Waals surface area contributed by atoms with Crippen LogP contribution in [0.15, 0.2) is 29.4 Å². The third kappa shape index (κ3) is 3.82. The number of carbonyl (C=O) groups is 1. The van der Waals surface area contributed by atoms with Gasteiger partial charge in [-0.1, -0.05) is 29.5 Å². The molecule has 0 spiro atoms. The van der Waals surface area contributed by atoms with Gasteiger partial charge in [-0.3, -0.25) is 4.79 Å². The maximum Gasteiger partial charge on any atom is 0.190 e. The van der Waals surface area contributed by atoms with Gasteiger partial charge in [0.25, 0.3) is 0 Å². The van der Waals surface area contributed by atoms with Crippen molar-refractivity contribution in [1.29, 1.82) is 0 Å². The first-order valence-corrected chi connectivity index (χ1v) is 7.64. The minimum absolute atomic E-state index is 0.0878. The van der Waals surface area contributed by atoms with E-state index in [2.05, 4.69) is 9.97 Å². The van der Waals surface area contributed by atoms with E-state index in [-0.39, 0.29) is 11.0 Å². The van der Waals surface area contributed by atoms with Crippen molar-refractivity contribution in [3.63, 3.8) is 0 Å². The van der Waals surface area contributed by atoms with Crippen LogP contribution in [0.25, 0.3) is 0 Å². The highest BCUT2D eigenvalue weighted by Crippen LogP contribution is 2.25. The van der Waals surface area contributed by atoms with E-state index in [9.17, 15) is 4.79 Å². The van der Waals surface area contributed by atoms with Gasteiger partial charge in [-0.25, -0.2) is 9.97 Å². The summed E-state index contributed by atoms with van der Waals surface area (Å²) in [5.74, 6) is 0.515. The van der Waals surface area contributed by atoms with Crippen LogP contribution in [0.1, 0.15) is 34.1 Å². The molecule has 0 fully saturated rings. The van der Waals surface area contributed by atoms with Crippen molar-refractivity contribution in [1.82, 2.24) is 9.97 Å². The Morgan fingerprint density at radius 3 is 2.57 bits per heavy atom. The number of carbonyl (C=O) groups excluding carboxylic acids is 1. The molecule has 5 heteroatoms. The summed E-state index contributed by atoms with van der Waals surface area (Å²) in [6, 6.07) is 7.62. The van der Waals surface area contributed by atoms with Crippen LogP contribution in [0.4, 0.5) is 5.82 Å². The standard InChI is InChI=1S/C16H19N3OS/c1-9-5-6-10(2)13(7-9)15(20)12(4)21-16-18-11(3)8-14(17)19-16/h5-8,12H,1-4H3,(H2,17,18,19). The smallest absolute Gasteiger partial charge is 0.190 e. The van der Waals surface area contributed by atoms with Gasteiger partial charge in [-0.15, -0.1) is 0 Å². The van der Waals surface area contributed by atoms with Crippen LogP contribution in [0.5, 0.6) is 0 Å². The van der Waals surface area contributed by atoms with Gasteiger partial charge in [0, 0.05) is 17.3 Å². The van der Waals surface area contributed by atoms with Crippen molar-refractivity contribution in [3.05, 3.63) is 46.6 Å². The fourth-order valence-corrected chi connectivity index (χ4v) is 2.95. The van der Waals surface area contributed by atoms with Gasteiger partial charge in [0.05, 0.1) is 5.25 Å². The van der Waals surface area contributed by atoms with E-state index < -0.39 is 0 Å². The van der Waals surface area contributed by atoms with E-state index in [0.717, 1.165) is 22.4 Å². The highest BCUT2D eigenvalue weighted by Gasteiger charge is 2.20. The molecule has 1 aromatic carbocycles. The summed E-state index contributed by atoms with van der Waals surface area (Å²) < 4.78 is 0. The number of aromatic nitrogens is 2. The quantitative estimate of drug-likeness (QED) is 0.533. The van der Waals surface area contributed by atoms with E-state index in [4.69, 9.17) is 5.73 Å². The first-order chi connectivity index (χ1) is 9.86. The van der Waals surface area contributed by atoms with Gasteiger partial charge < -0.3 is 5.73 Å². The number of hydrogen-bond donors (Lipinski definition) is 1. The summed E-state index contributed by atoms with van der Waals surface area (Å²) in [5, 5.41) is 0.283. The zero-order valence-electron chi connectivity index (χ0n) is 12.7. The molecule has 21 heavy (non-hydrogen) atoms. The SMILES string of the molecule is Cc1ccc(C)c(C(=O)C(C)Sc2nc(C)cc(N)n2)c1. The second-order valence-corrected chi connectivity index (χ2v) is 6.47. The van der Waals surface area contributed by atoms with Gasteiger partial charge in [0.15, 0.2) is 10.9 Å². The average molecular weight is 301 g/mol. The number of anilines is 1. The van der Waals surface area contributed by atoms with Crippen LogP contribution < -0.4 is 5.73 Å². The van der Waals surface area contributed by atoms with Crippen LogP contribution in [0.2, 0.25) is 0 Å². The molecule has 1 atom stereocenters. The minimum Gasteiger partial charge on any atom is -0.384 e. The number of benzene rings is 1. The molecule has 0 aliphatic heterocycles. The number of nitrogen functional groups attached to an aromatic ring is 1. The highest BCUT2D eigenvalue weighted by molar-refractivity contribution is 8.00. The van der Waals surface area contributed by atoms with E-state index in [1.165, 1.54) is 11.8 Å². The third-order valence-electron chi connectivity index (χ3n) is 3.16. The topological polar surface area (TPSA) is 68.9 Å². The second kappa shape index (κ2) is 6.26. The van der Waals surface area contributed by atoms with Gasteiger partial charge in [-0.2, -0.15) is 0 Å². The molecular weight excluding hydrogens is 282 g/mol. The Kier molecular flexibility index (Phi) is 4.63. The number of ketones is 1. The van der Waals surface area contributed by atoms with Crippen molar-refractivity contribution in [2.45, 2.75) is 38.1 Å². The Morgan fingerprint density at radius 2 is 1.90 bits per heavy atom. The van der Waals surface area contributed by atoms with Crippen LogP contribution >= 0.6 is 11.8 Å². The average Bonchev–Trinajstić information content (AvgIpc) is 2.39. The molecule has 0 saturated carbocycles. The first-order valence-electron chi connectivity index (χ1n) is 6.76. The molecule has 0 aliphatic rings. The van der Waals surface area contributed by atoms with Crippen molar-refractivity contribution >= 4 is 23.4 Å². The Morgan fingerprint density at radius 1 is 1.19 bits per heavy atom. The van der Waals surface area contributed by atoms with Crippen molar-refractivity contribution < 1.29 is 4.79 Å². The zero-order valence-corrected chi connectivity index (χ0v) is 13.5. The predicted molar refractivity (Wildman–Crippen MR) is 86.7 cm³/mol. The zero-order chi connectivity index (χ0) is 15.6. The van der Waals surface area contributed by atoms with E-state index in [0.29, 0.717) is 11.0 Å². The van der Waals surface area contributed by atoms with E-state index >= 15 is 0 Å². The molecule has 1 aromatic heterocycles. The molecule has 1 unspecified atom stereocenters. The molecule has 4 nitrogen and oxygen atoms in total. The van der Waals surface area contributed by atoms with Crippen LogP contribution in [0, 0.1) is 20.8 Å². The second-order valence-electron chi connectivity index (χ2n) is 5.16. The lowest BCUT2D eigenvalue weighted by molar-refractivity contribution is 0.0993. The molecular formula is C16H19N3OS. The third-order valence-corrected chi connectivity index (χ3v) is 4.12. The molecule has 0 radical (unpaired) electrons. The normalized spacial score (nSPS) is 12.2. The lowest BCUT2D eigenvalue weighted by Gasteiger charge is -2.12. The number of nitrogens with two attached hydrogens (primary N) is 1. The molecule has 110 valence electrons. The highest BCUT2D eigenvalue weighted by atomic mass is 32.2. The first kappa shape index (κ1) is 15.5. The summed E-state index contributed by atoms with van der Waals surface area (Å²) >= 11 is 1.34. The van der Waals surface area contributed by atoms with Gasteiger partial charge in [-0.05, 0) is 39.3 Å². The summed E-state index contributed by atoms with van der Waals surface area (Å²) in [4.78, 5) is 21.1. The summed E-state index contributed by atoms with van der Waals surface area (Å²) in [7, 11) is 0. The van der Waals surface area contributed by atoms with Crippen LogP contribution in [0.3, 0.4) is 0 Å². The molecule has 1 heterocycles. The van der Waals surface area contributed by atoms with Crippen molar-refractivity contribution in [3.8, 4) is 0 Å². The summed E-state index contributed by atoms with van der Waals surface area (Å²) in [5.41, 5.74) is 9.35. The number of rotatable bonds is 4. The Balaban J connectivity index is 2.21. The fourth-order valence-electron chi connectivity index (χ4n) is 2.05. The lowest BCUT2D eigenvalue weighted by Crippen LogP contribution is -2.16. The van der Waals surface area contributed by atoms with Crippen LogP contribution in [-0.2, 0) is 0 Å². The Bertz CT molecular complexity index is 665. The van der Waals surface area contributed by atoms with Crippen molar-refractivity contribution in [2.24, 2.45) is 0 Å². The molecule has 0 saturated heterocycles. The summed E-state index contributed by atoms with van der Waals surface area (Å²) in [6.45, 7) is 7.67. The van der Waals surface area contributed by atoms with E-state index in [1.54, 1.807) is 6.07 Å². The fraction of sp³-hybridized carbons (Fsp3) is 0.312. The molecule has 0 bridgehead atoms. The van der Waals surface area contributed by atoms with Gasteiger partial charge >= 0.3 is 0 Å². The Hall–Kier alpha value is -1.88. The molecule has 2 rings (SSSR count).